The number of sulfonamides is 1. The Morgan fingerprint density at radius 3 is 2.29 bits per heavy atom. The van der Waals surface area contributed by atoms with Crippen molar-refractivity contribution in [3.05, 3.63) is 34.9 Å². The lowest BCUT2D eigenvalue weighted by Gasteiger charge is -2.33. The van der Waals surface area contributed by atoms with Crippen molar-refractivity contribution in [2.45, 2.75) is 6.54 Å². The Hall–Kier alpha value is -1.31. The molecule has 0 aliphatic carbocycles. The van der Waals surface area contributed by atoms with Gasteiger partial charge in [0, 0.05) is 37.7 Å². The van der Waals surface area contributed by atoms with Crippen molar-refractivity contribution in [2.75, 3.05) is 32.4 Å². The molecule has 1 aromatic rings. The molecule has 0 unspecified atom stereocenters. The maximum absolute atomic E-state index is 12.0. The van der Waals surface area contributed by atoms with Crippen LogP contribution in [0.2, 0.25) is 5.02 Å². The van der Waals surface area contributed by atoms with Crippen LogP contribution in [0.4, 0.5) is 4.79 Å². The molecular formula is C13H18ClN3O3S. The fourth-order valence-electron chi connectivity index (χ4n) is 2.11. The van der Waals surface area contributed by atoms with Gasteiger partial charge in [-0.3, -0.25) is 0 Å². The molecule has 1 N–H and O–H groups in total. The lowest BCUT2D eigenvalue weighted by molar-refractivity contribution is 0.172. The number of carbonyl (C=O) groups excluding carboxylic acids is 1. The van der Waals surface area contributed by atoms with Gasteiger partial charge in [0.15, 0.2) is 0 Å². The predicted octanol–water partition coefficient (Wildman–Crippen LogP) is 1.13. The smallest absolute Gasteiger partial charge is 0.317 e. The van der Waals surface area contributed by atoms with Gasteiger partial charge < -0.3 is 10.2 Å². The summed E-state index contributed by atoms with van der Waals surface area (Å²) in [6, 6.07) is 7.06. The lowest BCUT2D eigenvalue weighted by Crippen LogP contribution is -2.52. The third-order valence-electron chi connectivity index (χ3n) is 3.35. The molecule has 0 bridgehead atoms. The van der Waals surface area contributed by atoms with E-state index in [1.807, 2.05) is 12.1 Å². The van der Waals surface area contributed by atoms with Gasteiger partial charge in [0.2, 0.25) is 10.0 Å². The Labute approximate surface area is 129 Å². The molecule has 0 atom stereocenters. The zero-order valence-corrected chi connectivity index (χ0v) is 13.3. The molecule has 1 saturated heterocycles. The average Bonchev–Trinajstić information content (AvgIpc) is 2.45. The van der Waals surface area contributed by atoms with Crippen LogP contribution in [-0.2, 0) is 16.6 Å². The fraction of sp³-hybridized carbons (Fsp3) is 0.462. The minimum Gasteiger partial charge on any atom is -0.334 e. The zero-order valence-electron chi connectivity index (χ0n) is 11.8. The number of rotatable bonds is 3. The van der Waals surface area contributed by atoms with Crippen LogP contribution in [0.5, 0.6) is 0 Å². The Morgan fingerprint density at radius 1 is 1.19 bits per heavy atom. The van der Waals surface area contributed by atoms with E-state index >= 15 is 0 Å². The molecule has 2 rings (SSSR count). The molecule has 8 heteroatoms. The van der Waals surface area contributed by atoms with Crippen LogP contribution in [-0.4, -0.2) is 56.1 Å². The molecule has 21 heavy (non-hydrogen) atoms. The van der Waals surface area contributed by atoms with Crippen molar-refractivity contribution in [1.29, 1.82) is 0 Å². The summed E-state index contributed by atoms with van der Waals surface area (Å²) in [6.07, 6.45) is 1.18. The monoisotopic (exact) mass is 331 g/mol. The highest BCUT2D eigenvalue weighted by molar-refractivity contribution is 7.88. The molecule has 1 fully saturated rings. The highest BCUT2D eigenvalue weighted by Gasteiger charge is 2.25. The molecule has 0 radical (unpaired) electrons. The SMILES string of the molecule is CS(=O)(=O)N1CCN(C(=O)NCc2ccc(Cl)cc2)CC1. The second-order valence-electron chi connectivity index (χ2n) is 4.93. The van der Waals surface area contributed by atoms with Gasteiger partial charge in [0.25, 0.3) is 0 Å². The Morgan fingerprint density at radius 2 is 1.76 bits per heavy atom. The largest absolute Gasteiger partial charge is 0.334 e. The quantitative estimate of drug-likeness (QED) is 0.902. The van der Waals surface area contributed by atoms with E-state index in [4.69, 9.17) is 11.6 Å². The minimum absolute atomic E-state index is 0.182. The van der Waals surface area contributed by atoms with E-state index in [-0.39, 0.29) is 6.03 Å². The van der Waals surface area contributed by atoms with E-state index in [2.05, 4.69) is 5.32 Å². The Kier molecular flexibility index (Phi) is 5.08. The van der Waals surface area contributed by atoms with E-state index in [0.29, 0.717) is 37.7 Å². The number of nitrogens with one attached hydrogen (secondary N) is 1. The first-order valence-electron chi connectivity index (χ1n) is 6.58. The number of piperazine rings is 1. The van der Waals surface area contributed by atoms with Gasteiger partial charge in [-0.2, -0.15) is 4.31 Å². The van der Waals surface area contributed by atoms with Gasteiger partial charge in [0.05, 0.1) is 6.26 Å². The first kappa shape index (κ1) is 16.1. The molecule has 0 aromatic heterocycles. The van der Waals surface area contributed by atoms with E-state index in [9.17, 15) is 13.2 Å². The normalized spacial score (nSPS) is 16.8. The van der Waals surface area contributed by atoms with Crippen molar-refractivity contribution in [3.8, 4) is 0 Å². The summed E-state index contributed by atoms with van der Waals surface area (Å²) >= 11 is 5.80. The Bertz CT molecular complexity index is 596. The second-order valence-corrected chi connectivity index (χ2v) is 7.35. The fourth-order valence-corrected chi connectivity index (χ4v) is 3.07. The average molecular weight is 332 g/mol. The van der Waals surface area contributed by atoms with Gasteiger partial charge in [-0.05, 0) is 17.7 Å². The molecule has 0 spiro atoms. The van der Waals surface area contributed by atoms with Gasteiger partial charge in [-0.15, -0.1) is 0 Å². The number of carbonyl (C=O) groups is 1. The molecule has 1 aliphatic heterocycles. The van der Waals surface area contributed by atoms with Gasteiger partial charge in [0.1, 0.15) is 0 Å². The summed E-state index contributed by atoms with van der Waals surface area (Å²) in [5, 5.41) is 3.47. The van der Waals surface area contributed by atoms with Crippen molar-refractivity contribution < 1.29 is 13.2 Å². The van der Waals surface area contributed by atoms with Crippen LogP contribution in [0, 0.1) is 0 Å². The standard InChI is InChI=1S/C13H18ClN3O3S/c1-21(19,20)17-8-6-16(7-9-17)13(18)15-10-11-2-4-12(14)5-3-11/h2-5H,6-10H2,1H3,(H,15,18). The maximum Gasteiger partial charge on any atom is 0.317 e. The topological polar surface area (TPSA) is 69.7 Å². The number of urea groups is 1. The third kappa shape index (κ3) is 4.59. The van der Waals surface area contributed by atoms with Gasteiger partial charge in [-0.1, -0.05) is 23.7 Å². The summed E-state index contributed by atoms with van der Waals surface area (Å²) in [5.41, 5.74) is 0.961. The second kappa shape index (κ2) is 6.64. The van der Waals surface area contributed by atoms with Crippen molar-refractivity contribution >= 4 is 27.7 Å². The number of nitrogens with zero attached hydrogens (tertiary/aromatic N) is 2. The molecule has 1 aliphatic rings. The van der Waals surface area contributed by atoms with E-state index in [0.717, 1.165) is 5.56 Å². The third-order valence-corrected chi connectivity index (χ3v) is 4.91. The van der Waals surface area contributed by atoms with Crippen LogP contribution in [0.25, 0.3) is 0 Å². The lowest BCUT2D eigenvalue weighted by atomic mass is 10.2. The summed E-state index contributed by atoms with van der Waals surface area (Å²) in [4.78, 5) is 13.6. The summed E-state index contributed by atoms with van der Waals surface area (Å²) in [6.45, 7) is 1.90. The van der Waals surface area contributed by atoms with E-state index in [1.165, 1.54) is 10.6 Å². The molecule has 0 saturated carbocycles. The number of hydrogen-bond acceptors (Lipinski definition) is 3. The van der Waals surface area contributed by atoms with Crippen molar-refractivity contribution in [1.82, 2.24) is 14.5 Å². The first-order chi connectivity index (χ1) is 9.86. The van der Waals surface area contributed by atoms with Crippen molar-refractivity contribution in [3.63, 3.8) is 0 Å². The zero-order chi connectivity index (χ0) is 15.5. The molecule has 116 valence electrons. The molecule has 2 amide bonds. The summed E-state index contributed by atoms with van der Waals surface area (Å²) < 4.78 is 24.2. The number of hydrogen-bond donors (Lipinski definition) is 1. The number of benzene rings is 1. The van der Waals surface area contributed by atoms with Gasteiger partial charge in [-0.25, -0.2) is 13.2 Å². The first-order valence-corrected chi connectivity index (χ1v) is 8.81. The van der Waals surface area contributed by atoms with Crippen LogP contribution < -0.4 is 5.32 Å². The Balaban J connectivity index is 1.81. The van der Waals surface area contributed by atoms with Gasteiger partial charge >= 0.3 is 6.03 Å². The maximum atomic E-state index is 12.0. The molecule has 1 heterocycles. The molecular weight excluding hydrogens is 314 g/mol. The number of halogens is 1. The van der Waals surface area contributed by atoms with Crippen LogP contribution in [0.3, 0.4) is 0 Å². The molecule has 1 aromatic carbocycles. The highest BCUT2D eigenvalue weighted by atomic mass is 35.5. The minimum atomic E-state index is -3.17. The van der Waals surface area contributed by atoms with Crippen molar-refractivity contribution in [2.24, 2.45) is 0 Å². The predicted molar refractivity (Wildman–Crippen MR) is 81.7 cm³/mol. The summed E-state index contributed by atoms with van der Waals surface area (Å²) in [5.74, 6) is 0. The highest BCUT2D eigenvalue weighted by Crippen LogP contribution is 2.10. The van der Waals surface area contributed by atoms with E-state index in [1.54, 1.807) is 17.0 Å². The van der Waals surface area contributed by atoms with Crippen LogP contribution >= 0.6 is 11.6 Å². The van der Waals surface area contributed by atoms with Crippen LogP contribution in [0.15, 0.2) is 24.3 Å². The number of amides is 2. The summed E-state index contributed by atoms with van der Waals surface area (Å²) in [7, 11) is -3.17. The van der Waals surface area contributed by atoms with Crippen LogP contribution in [0.1, 0.15) is 5.56 Å². The molecule has 6 nitrogen and oxygen atoms in total. The van der Waals surface area contributed by atoms with E-state index < -0.39 is 10.0 Å².